The lowest BCUT2D eigenvalue weighted by molar-refractivity contribution is -0.202. The van der Waals surface area contributed by atoms with Gasteiger partial charge < -0.3 is 4.74 Å². The Bertz CT molecular complexity index is 231. The molecule has 1 aliphatic carbocycles. The maximum absolute atomic E-state index is 11.9. The van der Waals surface area contributed by atoms with Gasteiger partial charge in [0.2, 0.25) is 5.91 Å². The van der Waals surface area contributed by atoms with Gasteiger partial charge in [-0.15, -0.1) is 0 Å². The first-order valence-electron chi connectivity index (χ1n) is 6.93. The Labute approximate surface area is 103 Å². The number of nitrogens with one attached hydrogen (secondary N) is 1. The van der Waals surface area contributed by atoms with Crippen LogP contribution < -0.4 is 5.48 Å². The average molecular weight is 241 g/mol. The fourth-order valence-corrected chi connectivity index (χ4v) is 2.55. The van der Waals surface area contributed by atoms with E-state index in [9.17, 15) is 4.79 Å². The number of ether oxygens (including phenoxy) is 1. The van der Waals surface area contributed by atoms with Gasteiger partial charge in [0.25, 0.3) is 0 Å². The molecule has 1 amide bonds. The summed E-state index contributed by atoms with van der Waals surface area (Å²) in [5.41, 5.74) is 2.59. The van der Waals surface area contributed by atoms with Crippen molar-refractivity contribution in [2.75, 3.05) is 6.61 Å². The van der Waals surface area contributed by atoms with Crippen molar-refractivity contribution in [1.82, 2.24) is 5.48 Å². The molecule has 0 aromatic heterocycles. The summed E-state index contributed by atoms with van der Waals surface area (Å²) in [6.07, 6.45) is 9.70. The summed E-state index contributed by atoms with van der Waals surface area (Å²) in [7, 11) is 0. The molecule has 1 saturated heterocycles. The second-order valence-electron chi connectivity index (χ2n) is 5.07. The Hall–Kier alpha value is -0.610. The molecule has 1 heterocycles. The molecular weight excluding hydrogens is 218 g/mol. The zero-order chi connectivity index (χ0) is 11.9. The monoisotopic (exact) mass is 241 g/mol. The number of hydroxylamine groups is 1. The minimum Gasteiger partial charge on any atom is -0.350 e. The molecule has 1 aliphatic heterocycles. The highest BCUT2D eigenvalue weighted by Crippen LogP contribution is 2.23. The normalized spacial score (nSPS) is 27.4. The average Bonchev–Trinajstić information content (AvgIpc) is 2.66. The van der Waals surface area contributed by atoms with Gasteiger partial charge in [0, 0.05) is 18.9 Å². The van der Waals surface area contributed by atoms with Crippen molar-refractivity contribution in [1.29, 1.82) is 0 Å². The second-order valence-corrected chi connectivity index (χ2v) is 5.07. The first-order valence-corrected chi connectivity index (χ1v) is 6.93. The molecule has 4 nitrogen and oxygen atoms in total. The van der Waals surface area contributed by atoms with Gasteiger partial charge in [-0.3, -0.25) is 4.79 Å². The Morgan fingerprint density at radius 3 is 2.35 bits per heavy atom. The Balaban J connectivity index is 1.68. The van der Waals surface area contributed by atoms with Crippen LogP contribution in [0.2, 0.25) is 0 Å². The highest BCUT2D eigenvalue weighted by molar-refractivity contribution is 5.77. The first-order chi connectivity index (χ1) is 8.36. The number of amides is 1. The summed E-state index contributed by atoms with van der Waals surface area (Å²) >= 11 is 0. The molecule has 0 aromatic rings. The van der Waals surface area contributed by atoms with E-state index in [0.29, 0.717) is 0 Å². The molecule has 4 heteroatoms. The standard InChI is InChI=1S/C13H23NO3/c15-13(11-7-3-1-2-4-8-11)14-17-12-9-5-6-10-16-12/h11-12H,1-10H2,(H,14,15). The number of hydrogen-bond donors (Lipinski definition) is 1. The molecular formula is C13H23NO3. The van der Waals surface area contributed by atoms with Crippen LogP contribution in [-0.2, 0) is 14.4 Å². The molecule has 1 atom stereocenters. The van der Waals surface area contributed by atoms with E-state index in [0.717, 1.165) is 51.6 Å². The van der Waals surface area contributed by atoms with Gasteiger partial charge in [-0.25, -0.2) is 10.3 Å². The molecule has 0 radical (unpaired) electrons. The Kier molecular flexibility index (Phi) is 5.26. The van der Waals surface area contributed by atoms with E-state index in [2.05, 4.69) is 5.48 Å². The van der Waals surface area contributed by atoms with Crippen molar-refractivity contribution >= 4 is 5.91 Å². The summed E-state index contributed by atoms with van der Waals surface area (Å²) in [6.45, 7) is 0.740. The Morgan fingerprint density at radius 1 is 1.00 bits per heavy atom. The fourth-order valence-electron chi connectivity index (χ4n) is 2.55. The lowest BCUT2D eigenvalue weighted by Gasteiger charge is -2.23. The highest BCUT2D eigenvalue weighted by Gasteiger charge is 2.22. The van der Waals surface area contributed by atoms with Crippen molar-refractivity contribution in [3.05, 3.63) is 0 Å². The van der Waals surface area contributed by atoms with E-state index in [-0.39, 0.29) is 18.1 Å². The number of rotatable bonds is 3. The lowest BCUT2D eigenvalue weighted by atomic mass is 10.0. The van der Waals surface area contributed by atoms with Gasteiger partial charge in [0.1, 0.15) is 0 Å². The SMILES string of the molecule is O=C(NOC1CCCCO1)C1CCCCCC1. The van der Waals surface area contributed by atoms with Crippen molar-refractivity contribution < 1.29 is 14.4 Å². The van der Waals surface area contributed by atoms with E-state index in [1.165, 1.54) is 12.8 Å². The maximum Gasteiger partial charge on any atom is 0.246 e. The minimum absolute atomic E-state index is 0.0427. The van der Waals surface area contributed by atoms with Crippen LogP contribution in [0.15, 0.2) is 0 Å². The van der Waals surface area contributed by atoms with Gasteiger partial charge in [-0.1, -0.05) is 25.7 Å². The zero-order valence-electron chi connectivity index (χ0n) is 10.5. The van der Waals surface area contributed by atoms with E-state index >= 15 is 0 Å². The molecule has 17 heavy (non-hydrogen) atoms. The molecule has 1 saturated carbocycles. The number of carbonyl (C=O) groups is 1. The molecule has 2 fully saturated rings. The maximum atomic E-state index is 11.9. The van der Waals surface area contributed by atoms with Crippen LogP contribution >= 0.6 is 0 Å². The second kappa shape index (κ2) is 6.97. The molecule has 2 rings (SSSR count). The predicted octanol–water partition coefficient (Wildman–Crippen LogP) is 2.53. The van der Waals surface area contributed by atoms with E-state index in [1.54, 1.807) is 0 Å². The quantitative estimate of drug-likeness (QED) is 0.610. The lowest BCUT2D eigenvalue weighted by Crippen LogP contribution is -2.36. The van der Waals surface area contributed by atoms with Gasteiger partial charge in [-0.05, 0) is 25.7 Å². The van der Waals surface area contributed by atoms with Gasteiger partial charge in [-0.2, -0.15) is 0 Å². The van der Waals surface area contributed by atoms with Crippen LogP contribution in [-0.4, -0.2) is 18.8 Å². The van der Waals surface area contributed by atoms with Gasteiger partial charge in [0.15, 0.2) is 6.29 Å². The summed E-state index contributed by atoms with van der Waals surface area (Å²) in [5, 5.41) is 0. The first kappa shape index (κ1) is 12.8. The number of carbonyl (C=O) groups excluding carboxylic acids is 1. The van der Waals surface area contributed by atoms with Crippen LogP contribution in [0.1, 0.15) is 57.8 Å². The van der Waals surface area contributed by atoms with Crippen LogP contribution in [0, 0.1) is 5.92 Å². The van der Waals surface area contributed by atoms with Crippen molar-refractivity contribution in [2.45, 2.75) is 64.1 Å². The minimum atomic E-state index is -0.238. The van der Waals surface area contributed by atoms with Gasteiger partial charge in [0.05, 0.1) is 0 Å². The van der Waals surface area contributed by atoms with Crippen LogP contribution in [0.4, 0.5) is 0 Å². The summed E-state index contributed by atoms with van der Waals surface area (Å²) in [5.74, 6) is 0.183. The third-order valence-electron chi connectivity index (χ3n) is 3.65. The summed E-state index contributed by atoms with van der Waals surface area (Å²) < 4.78 is 5.40. The topological polar surface area (TPSA) is 47.6 Å². The third kappa shape index (κ3) is 4.28. The van der Waals surface area contributed by atoms with Crippen LogP contribution in [0.5, 0.6) is 0 Å². The largest absolute Gasteiger partial charge is 0.350 e. The summed E-state index contributed by atoms with van der Waals surface area (Å²) in [4.78, 5) is 17.2. The third-order valence-corrected chi connectivity index (χ3v) is 3.65. The molecule has 0 spiro atoms. The van der Waals surface area contributed by atoms with Crippen LogP contribution in [0.25, 0.3) is 0 Å². The van der Waals surface area contributed by atoms with Crippen LogP contribution in [0.3, 0.4) is 0 Å². The molecule has 1 unspecified atom stereocenters. The van der Waals surface area contributed by atoms with E-state index < -0.39 is 0 Å². The van der Waals surface area contributed by atoms with Crippen molar-refractivity contribution in [2.24, 2.45) is 5.92 Å². The molecule has 0 aromatic carbocycles. The zero-order valence-corrected chi connectivity index (χ0v) is 10.5. The molecule has 1 N–H and O–H groups in total. The van der Waals surface area contributed by atoms with E-state index in [1.807, 2.05) is 0 Å². The van der Waals surface area contributed by atoms with Crippen molar-refractivity contribution in [3.8, 4) is 0 Å². The molecule has 2 aliphatic rings. The highest BCUT2D eigenvalue weighted by atomic mass is 16.8. The Morgan fingerprint density at radius 2 is 1.71 bits per heavy atom. The molecule has 0 bridgehead atoms. The number of hydrogen-bond acceptors (Lipinski definition) is 3. The summed E-state index contributed by atoms with van der Waals surface area (Å²) in [6, 6.07) is 0. The van der Waals surface area contributed by atoms with Crippen molar-refractivity contribution in [3.63, 3.8) is 0 Å². The predicted molar refractivity (Wildman–Crippen MR) is 64.0 cm³/mol. The fraction of sp³-hybridized carbons (Fsp3) is 0.923. The van der Waals surface area contributed by atoms with E-state index in [4.69, 9.17) is 9.57 Å². The molecule has 98 valence electrons. The smallest absolute Gasteiger partial charge is 0.246 e. The van der Waals surface area contributed by atoms with Gasteiger partial charge >= 0.3 is 0 Å².